The second kappa shape index (κ2) is 5.89. The summed E-state index contributed by atoms with van der Waals surface area (Å²) in [4.78, 5) is 11.9. The number of aromatic nitrogens is 1. The fourth-order valence-corrected chi connectivity index (χ4v) is 1.87. The van der Waals surface area contributed by atoms with E-state index < -0.39 is 0 Å². The second-order valence-electron chi connectivity index (χ2n) is 4.74. The molecule has 0 saturated carbocycles. The van der Waals surface area contributed by atoms with Crippen molar-refractivity contribution >= 4 is 23.2 Å². The highest BCUT2D eigenvalue weighted by atomic mass is 35.5. The fraction of sp³-hybridized carbons (Fsp3) is 0.286. The second-order valence-corrected chi connectivity index (χ2v) is 5.18. The van der Waals surface area contributed by atoms with Crippen molar-refractivity contribution in [3.8, 4) is 0 Å². The molecule has 1 N–H and O–H groups in total. The number of nitrogens with zero attached hydrogens (tertiary/aromatic N) is 1. The maximum absolute atomic E-state index is 11.9. The lowest BCUT2D eigenvalue weighted by Crippen LogP contribution is -2.12. The van der Waals surface area contributed by atoms with Gasteiger partial charge >= 0.3 is 0 Å². The van der Waals surface area contributed by atoms with Crippen LogP contribution in [0.5, 0.6) is 0 Å². The van der Waals surface area contributed by atoms with E-state index in [0.717, 1.165) is 6.42 Å². The van der Waals surface area contributed by atoms with Crippen molar-refractivity contribution in [2.24, 2.45) is 5.92 Å². The van der Waals surface area contributed by atoms with E-state index in [2.05, 4.69) is 24.3 Å². The van der Waals surface area contributed by atoms with Gasteiger partial charge in [-0.15, -0.1) is 0 Å². The zero-order valence-electron chi connectivity index (χ0n) is 10.8. The van der Waals surface area contributed by atoms with E-state index in [0.29, 0.717) is 22.4 Å². The van der Waals surface area contributed by atoms with Crippen LogP contribution in [0.3, 0.4) is 0 Å². The van der Waals surface area contributed by atoms with Crippen molar-refractivity contribution in [1.29, 1.82) is 0 Å². The smallest absolute Gasteiger partial charge is 0.277 e. The molecule has 0 aliphatic heterocycles. The number of anilines is 1. The van der Waals surface area contributed by atoms with E-state index in [1.165, 1.54) is 0 Å². The Labute approximate surface area is 116 Å². The standard InChI is InChI=1S/C14H15ClN2O2/c1-9(2)6-12-8-13(17-19-12)14(18)16-11-5-3-4-10(15)7-11/h3-5,7-9H,6H2,1-2H3,(H,16,18). The Morgan fingerprint density at radius 3 is 2.89 bits per heavy atom. The van der Waals surface area contributed by atoms with Gasteiger partial charge in [0.1, 0.15) is 5.76 Å². The Bertz CT molecular complexity index is 578. The average molecular weight is 279 g/mol. The van der Waals surface area contributed by atoms with Gasteiger partial charge in [0, 0.05) is 23.2 Å². The molecular formula is C14H15ClN2O2. The largest absolute Gasteiger partial charge is 0.361 e. The third kappa shape index (κ3) is 3.83. The summed E-state index contributed by atoms with van der Waals surface area (Å²) in [5, 5.41) is 7.06. The lowest BCUT2D eigenvalue weighted by Gasteiger charge is -2.02. The van der Waals surface area contributed by atoms with Gasteiger partial charge in [-0.05, 0) is 24.1 Å². The Kier molecular flexibility index (Phi) is 4.22. The van der Waals surface area contributed by atoms with Gasteiger partial charge in [-0.2, -0.15) is 0 Å². The molecule has 0 radical (unpaired) electrons. The van der Waals surface area contributed by atoms with Gasteiger partial charge in [0.05, 0.1) is 0 Å². The van der Waals surface area contributed by atoms with Gasteiger partial charge in [-0.1, -0.05) is 36.7 Å². The molecule has 2 aromatic rings. The number of carbonyl (C=O) groups excluding carboxylic acids is 1. The van der Waals surface area contributed by atoms with Crippen molar-refractivity contribution in [2.45, 2.75) is 20.3 Å². The molecule has 0 aliphatic rings. The maximum atomic E-state index is 11.9. The number of amides is 1. The van der Waals surface area contributed by atoms with Crippen molar-refractivity contribution in [2.75, 3.05) is 5.32 Å². The Morgan fingerprint density at radius 1 is 1.42 bits per heavy atom. The first kappa shape index (κ1) is 13.6. The number of halogens is 1. The fourth-order valence-electron chi connectivity index (χ4n) is 1.68. The van der Waals surface area contributed by atoms with Crippen LogP contribution in [0.1, 0.15) is 30.1 Å². The van der Waals surface area contributed by atoms with Gasteiger partial charge in [-0.3, -0.25) is 4.79 Å². The summed E-state index contributed by atoms with van der Waals surface area (Å²) in [5.41, 5.74) is 0.904. The zero-order valence-corrected chi connectivity index (χ0v) is 11.6. The van der Waals surface area contributed by atoms with Crippen LogP contribution in [0.4, 0.5) is 5.69 Å². The summed E-state index contributed by atoms with van der Waals surface area (Å²) in [6, 6.07) is 8.62. The number of nitrogens with one attached hydrogen (secondary N) is 1. The highest BCUT2D eigenvalue weighted by molar-refractivity contribution is 6.30. The molecule has 0 aliphatic carbocycles. The highest BCUT2D eigenvalue weighted by Crippen LogP contribution is 2.16. The molecule has 2 rings (SSSR count). The van der Waals surface area contributed by atoms with Crippen LogP contribution < -0.4 is 5.32 Å². The van der Waals surface area contributed by atoms with E-state index >= 15 is 0 Å². The summed E-state index contributed by atoms with van der Waals surface area (Å²) >= 11 is 5.85. The first-order valence-corrected chi connectivity index (χ1v) is 6.45. The summed E-state index contributed by atoms with van der Waals surface area (Å²) in [7, 11) is 0. The molecule has 0 unspecified atom stereocenters. The number of hydrogen-bond donors (Lipinski definition) is 1. The quantitative estimate of drug-likeness (QED) is 0.926. The Balaban J connectivity index is 2.05. The first-order valence-electron chi connectivity index (χ1n) is 6.07. The minimum Gasteiger partial charge on any atom is -0.361 e. The molecular weight excluding hydrogens is 264 g/mol. The number of carbonyl (C=O) groups is 1. The van der Waals surface area contributed by atoms with Crippen LogP contribution in [0.2, 0.25) is 5.02 Å². The highest BCUT2D eigenvalue weighted by Gasteiger charge is 2.13. The Morgan fingerprint density at radius 2 is 2.21 bits per heavy atom. The van der Waals surface area contributed by atoms with Gasteiger partial charge in [0.2, 0.25) is 0 Å². The van der Waals surface area contributed by atoms with E-state index in [9.17, 15) is 4.79 Å². The SMILES string of the molecule is CC(C)Cc1cc(C(=O)Nc2cccc(Cl)c2)no1. The summed E-state index contributed by atoms with van der Waals surface area (Å²) in [6.07, 6.45) is 0.761. The molecule has 1 aromatic carbocycles. The Hall–Kier alpha value is -1.81. The molecule has 1 amide bonds. The first-order chi connectivity index (χ1) is 9.04. The molecule has 0 fully saturated rings. The summed E-state index contributed by atoms with van der Waals surface area (Å²) in [5.74, 6) is 0.865. The predicted octanol–water partition coefficient (Wildman–Crippen LogP) is 3.78. The lowest BCUT2D eigenvalue weighted by molar-refractivity contribution is 0.101. The molecule has 1 aromatic heterocycles. The van der Waals surface area contributed by atoms with Crippen LogP contribution in [0.25, 0.3) is 0 Å². The maximum Gasteiger partial charge on any atom is 0.277 e. The number of benzene rings is 1. The van der Waals surface area contributed by atoms with Crippen LogP contribution in [0, 0.1) is 5.92 Å². The van der Waals surface area contributed by atoms with Crippen LogP contribution >= 0.6 is 11.6 Å². The van der Waals surface area contributed by atoms with Gasteiger partial charge in [0.25, 0.3) is 5.91 Å². The number of hydrogen-bond acceptors (Lipinski definition) is 3. The molecule has 100 valence electrons. The van der Waals surface area contributed by atoms with E-state index in [4.69, 9.17) is 16.1 Å². The van der Waals surface area contributed by atoms with Crippen LogP contribution in [0.15, 0.2) is 34.9 Å². The van der Waals surface area contributed by atoms with E-state index in [1.54, 1.807) is 30.3 Å². The van der Waals surface area contributed by atoms with Crippen molar-refractivity contribution in [3.05, 3.63) is 46.8 Å². The summed E-state index contributed by atoms with van der Waals surface area (Å²) in [6.45, 7) is 4.16. The zero-order chi connectivity index (χ0) is 13.8. The monoisotopic (exact) mass is 278 g/mol. The molecule has 4 nitrogen and oxygen atoms in total. The third-order valence-electron chi connectivity index (χ3n) is 2.48. The van der Waals surface area contributed by atoms with Gasteiger partial charge in [0.15, 0.2) is 5.69 Å². The normalized spacial score (nSPS) is 10.7. The molecule has 1 heterocycles. The van der Waals surface area contributed by atoms with Gasteiger partial charge < -0.3 is 9.84 Å². The summed E-state index contributed by atoms with van der Waals surface area (Å²) < 4.78 is 5.12. The van der Waals surface area contributed by atoms with Gasteiger partial charge in [-0.25, -0.2) is 0 Å². The van der Waals surface area contributed by atoms with E-state index in [1.807, 2.05) is 0 Å². The molecule has 0 bridgehead atoms. The topological polar surface area (TPSA) is 55.1 Å². The van der Waals surface area contributed by atoms with Crippen LogP contribution in [-0.4, -0.2) is 11.1 Å². The average Bonchev–Trinajstić information content (AvgIpc) is 2.76. The predicted molar refractivity (Wildman–Crippen MR) is 74.5 cm³/mol. The van der Waals surface area contributed by atoms with Crippen molar-refractivity contribution < 1.29 is 9.32 Å². The minimum atomic E-state index is -0.305. The molecule has 0 spiro atoms. The molecule has 5 heteroatoms. The molecule has 0 saturated heterocycles. The minimum absolute atomic E-state index is 0.274. The third-order valence-corrected chi connectivity index (χ3v) is 2.72. The molecule has 0 atom stereocenters. The molecule has 19 heavy (non-hydrogen) atoms. The number of rotatable bonds is 4. The van der Waals surface area contributed by atoms with E-state index in [-0.39, 0.29) is 11.6 Å². The van der Waals surface area contributed by atoms with Crippen molar-refractivity contribution in [3.63, 3.8) is 0 Å². The lowest BCUT2D eigenvalue weighted by atomic mass is 10.1. The van der Waals surface area contributed by atoms with Crippen molar-refractivity contribution in [1.82, 2.24) is 5.16 Å². The van der Waals surface area contributed by atoms with Crippen LogP contribution in [-0.2, 0) is 6.42 Å².